The minimum Gasteiger partial charge on any atom is -0.461 e. The lowest BCUT2D eigenvalue weighted by atomic mass is 9.92. The first kappa shape index (κ1) is 28.6. The number of nitrogens with one attached hydrogen (secondary N) is 1. The van der Waals surface area contributed by atoms with E-state index in [0.717, 1.165) is 31.1 Å². The summed E-state index contributed by atoms with van der Waals surface area (Å²) < 4.78 is 16.7. The van der Waals surface area contributed by atoms with Gasteiger partial charge in [0.2, 0.25) is 5.91 Å². The number of ether oxygens (including phenoxy) is 3. The number of likely N-dealkylation sites (N-methyl/N-ethyl adjacent to an activating group) is 1. The first-order chi connectivity index (χ1) is 17.1. The summed E-state index contributed by atoms with van der Waals surface area (Å²) >= 11 is 1.12. The minimum absolute atomic E-state index is 0.0103. The molecule has 6 N–H and O–H groups in total. The van der Waals surface area contributed by atoms with Gasteiger partial charge in [-0.15, -0.1) is 11.8 Å². The van der Waals surface area contributed by atoms with Crippen molar-refractivity contribution in [2.24, 2.45) is 0 Å². The van der Waals surface area contributed by atoms with E-state index in [2.05, 4.69) is 5.32 Å². The zero-order valence-electron chi connectivity index (χ0n) is 20.8. The van der Waals surface area contributed by atoms with Crippen molar-refractivity contribution in [3.63, 3.8) is 0 Å². The average Bonchev–Trinajstić information content (AvgIpc) is 3.30. The number of anilines is 1. The van der Waals surface area contributed by atoms with Crippen LogP contribution in [0.3, 0.4) is 0 Å². The number of methoxy groups -OCH3 is 1. The number of para-hydroxylation sites is 1. The quantitative estimate of drug-likeness (QED) is 0.152. The van der Waals surface area contributed by atoms with Crippen molar-refractivity contribution in [2.45, 2.75) is 67.8 Å². The highest BCUT2D eigenvalue weighted by Crippen LogP contribution is 2.31. The first-order valence-electron chi connectivity index (χ1n) is 12.0. The van der Waals surface area contributed by atoms with E-state index in [4.69, 9.17) is 19.9 Å². The second kappa shape index (κ2) is 13.0. The van der Waals surface area contributed by atoms with Gasteiger partial charge >= 0.3 is 5.97 Å². The zero-order chi connectivity index (χ0) is 26.4. The monoisotopic (exact) mass is 527 g/mol. The number of rotatable bonds is 10. The van der Waals surface area contributed by atoms with Crippen molar-refractivity contribution in [1.29, 1.82) is 0 Å². The predicted octanol–water partition coefficient (Wildman–Crippen LogP) is -0.420. The fourth-order valence-corrected chi connectivity index (χ4v) is 5.46. The van der Waals surface area contributed by atoms with Crippen LogP contribution < -0.4 is 11.1 Å². The number of thioether (sulfide) groups is 1. The topological polar surface area (TPSA) is 164 Å². The summed E-state index contributed by atoms with van der Waals surface area (Å²) in [6, 6.07) is 5.48. The van der Waals surface area contributed by atoms with Crippen LogP contribution in [0.15, 0.2) is 24.3 Å². The van der Waals surface area contributed by atoms with Crippen molar-refractivity contribution in [3.05, 3.63) is 29.8 Å². The number of benzene rings is 1. The summed E-state index contributed by atoms with van der Waals surface area (Å²) in [5.74, 6) is -0.531. The van der Waals surface area contributed by atoms with Gasteiger partial charge in [-0.1, -0.05) is 12.1 Å². The van der Waals surface area contributed by atoms with Crippen LogP contribution >= 0.6 is 11.8 Å². The van der Waals surface area contributed by atoms with E-state index >= 15 is 0 Å². The molecule has 1 aromatic rings. The van der Waals surface area contributed by atoms with Crippen molar-refractivity contribution in [1.82, 2.24) is 10.2 Å². The van der Waals surface area contributed by atoms with Crippen LogP contribution in [0, 0.1) is 0 Å². The maximum atomic E-state index is 13.0. The number of carbonyl (C=O) groups is 2. The van der Waals surface area contributed by atoms with Crippen LogP contribution in [0.1, 0.15) is 30.1 Å². The molecule has 2 aliphatic rings. The molecular weight excluding hydrogens is 490 g/mol. The summed E-state index contributed by atoms with van der Waals surface area (Å²) in [5.41, 5.74) is 5.43. The number of amides is 1. The number of likely N-dealkylation sites (tertiary alicyclic amines) is 1. The second-order valence-corrected chi connectivity index (χ2v) is 10.4. The molecule has 0 aliphatic carbocycles. The first-order valence-corrected chi connectivity index (χ1v) is 13.1. The Balaban J connectivity index is 1.62. The molecule has 202 valence electrons. The number of nitrogen functional groups attached to an aromatic ring is 1. The third-order valence-corrected chi connectivity index (χ3v) is 7.87. The summed E-state index contributed by atoms with van der Waals surface area (Å²) in [4.78, 5) is 27.2. The van der Waals surface area contributed by atoms with Gasteiger partial charge in [-0.25, -0.2) is 4.79 Å². The third-order valence-electron chi connectivity index (χ3n) is 6.75. The molecule has 8 atom stereocenters. The van der Waals surface area contributed by atoms with Crippen LogP contribution in [0.5, 0.6) is 0 Å². The molecule has 0 radical (unpaired) electrons. The van der Waals surface area contributed by atoms with E-state index in [1.807, 2.05) is 11.9 Å². The maximum absolute atomic E-state index is 13.0. The minimum atomic E-state index is -1.51. The van der Waals surface area contributed by atoms with E-state index in [9.17, 15) is 24.9 Å². The number of hydrogen-bond acceptors (Lipinski definition) is 11. The van der Waals surface area contributed by atoms with Crippen molar-refractivity contribution >= 4 is 29.3 Å². The van der Waals surface area contributed by atoms with Gasteiger partial charge in [0.15, 0.2) is 0 Å². The molecule has 2 fully saturated rings. The average molecular weight is 528 g/mol. The largest absolute Gasteiger partial charge is 0.461 e. The summed E-state index contributed by atoms with van der Waals surface area (Å²) in [6.07, 6.45) is -4.32. The molecule has 0 aromatic heterocycles. The van der Waals surface area contributed by atoms with Crippen molar-refractivity contribution in [3.8, 4) is 0 Å². The Bertz CT molecular complexity index is 893. The van der Waals surface area contributed by atoms with E-state index in [-0.39, 0.29) is 29.9 Å². The van der Waals surface area contributed by atoms with E-state index in [1.54, 1.807) is 31.2 Å². The van der Waals surface area contributed by atoms with Gasteiger partial charge < -0.3 is 40.6 Å². The summed E-state index contributed by atoms with van der Waals surface area (Å²) in [5, 5.41) is 34.7. The van der Waals surface area contributed by atoms with Gasteiger partial charge in [-0.2, -0.15) is 0 Å². The Kier molecular flexibility index (Phi) is 10.4. The van der Waals surface area contributed by atoms with Gasteiger partial charge in [0.25, 0.3) is 0 Å². The van der Waals surface area contributed by atoms with Crippen LogP contribution in [-0.2, 0) is 19.0 Å². The summed E-state index contributed by atoms with van der Waals surface area (Å²) in [7, 11) is 3.36. The molecule has 0 spiro atoms. The highest BCUT2D eigenvalue weighted by atomic mass is 32.2. The molecule has 1 aromatic carbocycles. The highest BCUT2D eigenvalue weighted by Gasteiger charge is 2.49. The molecule has 12 heteroatoms. The normalized spacial score (nSPS) is 30.5. The van der Waals surface area contributed by atoms with E-state index in [1.165, 1.54) is 7.11 Å². The number of nitrogens with two attached hydrogens (primary N) is 1. The molecule has 0 bridgehead atoms. The number of aliphatic hydroxyl groups is 3. The molecule has 36 heavy (non-hydrogen) atoms. The second-order valence-electron chi connectivity index (χ2n) is 9.15. The number of carbonyl (C=O) groups excluding carboxylic acids is 2. The molecule has 11 nitrogen and oxygen atoms in total. The lowest BCUT2D eigenvalue weighted by molar-refractivity contribution is -0.212. The molecule has 2 saturated heterocycles. The number of hydrogen-bond donors (Lipinski definition) is 5. The maximum Gasteiger partial charge on any atom is 0.340 e. The van der Waals surface area contributed by atoms with Crippen LogP contribution in [0.2, 0.25) is 0 Å². The molecular formula is C24H37N3O8S. The lowest BCUT2D eigenvalue weighted by Crippen LogP contribution is -2.66. The number of aliphatic hydroxyl groups excluding tert-OH is 3. The Hall–Kier alpha value is -1.93. The van der Waals surface area contributed by atoms with Crippen molar-refractivity contribution < 1.29 is 39.1 Å². The number of nitrogens with zero attached hydrogens (tertiary/aromatic N) is 1. The van der Waals surface area contributed by atoms with Gasteiger partial charge in [-0.05, 0) is 45.5 Å². The summed E-state index contributed by atoms with van der Waals surface area (Å²) in [6.45, 7) is 2.56. The SMILES string of the molecule is COC(C)C(NC(=O)C1CCCN1C)C1OC(SCCOC(=O)c2ccccc2N)C(O)C(O)C1O. The van der Waals surface area contributed by atoms with Crippen LogP contribution in [-0.4, -0.2) is 113 Å². The molecule has 0 saturated carbocycles. The molecule has 1 amide bonds. The Morgan fingerprint density at radius 2 is 1.97 bits per heavy atom. The van der Waals surface area contributed by atoms with Gasteiger partial charge in [-0.3, -0.25) is 9.69 Å². The van der Waals surface area contributed by atoms with Crippen LogP contribution in [0.25, 0.3) is 0 Å². The van der Waals surface area contributed by atoms with Crippen LogP contribution in [0.4, 0.5) is 5.69 Å². The van der Waals surface area contributed by atoms with Crippen molar-refractivity contribution in [2.75, 3.05) is 38.8 Å². The standard InChI is InChI=1S/C24H37N3O8S/c1-13(33-3)17(26-22(31)16-9-6-10-27(16)2)21-19(29)18(28)20(30)24(35-21)36-12-11-34-23(32)14-7-4-5-8-15(14)25/h4-5,7-8,13,16-21,24,28-30H,6,9-12,25H2,1-3H3,(H,26,31). The Morgan fingerprint density at radius 1 is 1.25 bits per heavy atom. The fourth-order valence-electron chi connectivity index (χ4n) is 4.48. The van der Waals surface area contributed by atoms with Gasteiger partial charge in [0, 0.05) is 18.6 Å². The smallest absolute Gasteiger partial charge is 0.340 e. The molecule has 8 unspecified atom stereocenters. The van der Waals surface area contributed by atoms with E-state index < -0.39 is 48.0 Å². The predicted molar refractivity (Wildman–Crippen MR) is 134 cm³/mol. The Morgan fingerprint density at radius 3 is 2.61 bits per heavy atom. The Labute approximate surface area is 215 Å². The molecule has 2 aliphatic heterocycles. The molecule has 2 heterocycles. The van der Waals surface area contributed by atoms with E-state index in [0.29, 0.717) is 5.69 Å². The van der Waals surface area contributed by atoms with Gasteiger partial charge in [0.05, 0.1) is 23.8 Å². The zero-order valence-corrected chi connectivity index (χ0v) is 21.6. The molecule has 3 rings (SSSR count). The highest BCUT2D eigenvalue weighted by molar-refractivity contribution is 7.99. The lowest BCUT2D eigenvalue weighted by Gasteiger charge is -2.44. The number of esters is 1. The fraction of sp³-hybridized carbons (Fsp3) is 0.667. The third kappa shape index (κ3) is 6.68. The van der Waals surface area contributed by atoms with Gasteiger partial charge in [0.1, 0.15) is 36.5 Å².